The average molecular weight is 216 g/mol. The minimum Gasteiger partial charge on any atom is -0.508 e. The number of halogens is 1. The predicted molar refractivity (Wildman–Crippen MR) is 56.3 cm³/mol. The van der Waals surface area contributed by atoms with Crippen LogP contribution in [0.2, 0.25) is 5.02 Å². The molecule has 14 heavy (non-hydrogen) atoms. The molecule has 0 spiro atoms. The maximum absolute atomic E-state index is 9.52. The van der Waals surface area contributed by atoms with E-state index >= 15 is 0 Å². The van der Waals surface area contributed by atoms with Crippen molar-refractivity contribution >= 4 is 11.6 Å². The van der Waals surface area contributed by atoms with Crippen molar-refractivity contribution in [1.29, 1.82) is 0 Å². The van der Waals surface area contributed by atoms with Crippen LogP contribution in [0.15, 0.2) is 18.2 Å². The first kappa shape index (κ1) is 11.3. The molecule has 0 bridgehead atoms. The van der Waals surface area contributed by atoms with E-state index in [1.54, 1.807) is 12.1 Å². The Morgan fingerprint density at radius 1 is 1.50 bits per heavy atom. The molecule has 0 aliphatic heterocycles. The lowest BCUT2D eigenvalue weighted by Gasteiger charge is -2.18. The van der Waals surface area contributed by atoms with E-state index in [0.29, 0.717) is 17.0 Å². The van der Waals surface area contributed by atoms with Gasteiger partial charge >= 0.3 is 0 Å². The number of benzene rings is 1. The van der Waals surface area contributed by atoms with Crippen molar-refractivity contribution in [2.75, 3.05) is 0 Å². The molecule has 0 heterocycles. The fourth-order valence-electron chi connectivity index (χ4n) is 1.25. The molecule has 1 aromatic rings. The monoisotopic (exact) mass is 215 g/mol. The molecule has 4 N–H and O–H groups in total. The number of hydrogen-bond acceptors (Lipinski definition) is 3. The highest BCUT2D eigenvalue weighted by Gasteiger charge is 2.18. The van der Waals surface area contributed by atoms with Gasteiger partial charge in [0, 0.05) is 10.6 Å². The van der Waals surface area contributed by atoms with Crippen molar-refractivity contribution in [1.82, 2.24) is 0 Å². The highest BCUT2D eigenvalue weighted by atomic mass is 35.5. The summed E-state index contributed by atoms with van der Waals surface area (Å²) in [6.07, 6.45) is -0.132. The van der Waals surface area contributed by atoms with Crippen LogP contribution >= 0.6 is 11.6 Å². The third-order valence-electron chi connectivity index (χ3n) is 2.18. The summed E-state index contributed by atoms with van der Waals surface area (Å²) in [5.41, 5.74) is 6.23. The van der Waals surface area contributed by atoms with Gasteiger partial charge in [0.2, 0.25) is 0 Å². The summed E-state index contributed by atoms with van der Waals surface area (Å²) in [6, 6.07) is 4.02. The normalized spacial score (nSPS) is 15.1. The predicted octanol–water partition coefficient (Wildman–Crippen LogP) is 1.82. The van der Waals surface area contributed by atoms with Crippen molar-refractivity contribution in [3.8, 4) is 5.75 Å². The quantitative estimate of drug-likeness (QED) is 0.721. The zero-order valence-corrected chi connectivity index (χ0v) is 8.70. The first-order valence-corrected chi connectivity index (χ1v) is 4.86. The topological polar surface area (TPSA) is 66.5 Å². The van der Waals surface area contributed by atoms with E-state index in [4.69, 9.17) is 17.3 Å². The Labute approximate surface area is 88.1 Å². The first-order chi connectivity index (χ1) is 6.56. The van der Waals surface area contributed by atoms with E-state index in [0.717, 1.165) is 0 Å². The molecule has 0 radical (unpaired) electrons. The Balaban J connectivity index is 2.99. The molecule has 1 rings (SSSR count). The van der Waals surface area contributed by atoms with Crippen LogP contribution < -0.4 is 5.73 Å². The number of aromatic hydroxyl groups is 1. The lowest BCUT2D eigenvalue weighted by molar-refractivity contribution is 0.139. The van der Waals surface area contributed by atoms with Crippen LogP contribution in [0.25, 0.3) is 0 Å². The van der Waals surface area contributed by atoms with Gasteiger partial charge in [0.25, 0.3) is 0 Å². The van der Waals surface area contributed by atoms with Crippen molar-refractivity contribution in [3.63, 3.8) is 0 Å². The molecule has 3 nitrogen and oxygen atoms in total. The number of hydrogen-bond donors (Lipinski definition) is 3. The molecule has 0 aromatic heterocycles. The molecular weight excluding hydrogens is 202 g/mol. The molecule has 0 aliphatic rings. The van der Waals surface area contributed by atoms with Gasteiger partial charge in [-0.25, -0.2) is 0 Å². The summed E-state index contributed by atoms with van der Waals surface area (Å²) >= 11 is 5.76. The summed E-state index contributed by atoms with van der Waals surface area (Å²) < 4.78 is 0. The van der Waals surface area contributed by atoms with E-state index in [9.17, 15) is 10.2 Å². The second kappa shape index (κ2) is 4.64. The van der Waals surface area contributed by atoms with Gasteiger partial charge in [0.05, 0.1) is 12.1 Å². The summed E-state index contributed by atoms with van der Waals surface area (Å²) in [7, 11) is 0. The van der Waals surface area contributed by atoms with Gasteiger partial charge in [-0.05, 0) is 24.6 Å². The second-order valence-electron chi connectivity index (χ2n) is 3.20. The molecule has 0 saturated heterocycles. The maximum Gasteiger partial charge on any atom is 0.120 e. The first-order valence-electron chi connectivity index (χ1n) is 4.48. The third-order valence-corrected chi connectivity index (χ3v) is 2.42. The van der Waals surface area contributed by atoms with Gasteiger partial charge in [-0.15, -0.1) is 0 Å². The average Bonchev–Trinajstić information content (AvgIpc) is 2.19. The minimum absolute atomic E-state index is 0.0643. The largest absolute Gasteiger partial charge is 0.508 e. The van der Waals surface area contributed by atoms with Crippen LogP contribution in [-0.4, -0.2) is 16.3 Å². The van der Waals surface area contributed by atoms with Gasteiger partial charge in [-0.3, -0.25) is 0 Å². The molecule has 0 saturated carbocycles. The molecule has 1 aromatic carbocycles. The third kappa shape index (κ3) is 2.38. The van der Waals surface area contributed by atoms with Crippen LogP contribution in [0.4, 0.5) is 0 Å². The van der Waals surface area contributed by atoms with E-state index in [2.05, 4.69) is 0 Å². The SMILES string of the molecule is CC[C@@H](O)[C@@H](N)c1cc(Cl)ccc1O. The zero-order chi connectivity index (χ0) is 10.7. The summed E-state index contributed by atoms with van der Waals surface area (Å²) in [5, 5.41) is 19.5. The molecule has 0 aliphatic carbocycles. The Morgan fingerprint density at radius 2 is 2.14 bits per heavy atom. The lowest BCUT2D eigenvalue weighted by atomic mass is 10.00. The van der Waals surface area contributed by atoms with Gasteiger partial charge in [-0.2, -0.15) is 0 Å². The Morgan fingerprint density at radius 3 is 2.71 bits per heavy atom. The highest BCUT2D eigenvalue weighted by molar-refractivity contribution is 6.30. The van der Waals surface area contributed by atoms with Gasteiger partial charge in [0.15, 0.2) is 0 Å². The fraction of sp³-hybridized carbons (Fsp3) is 0.400. The number of aliphatic hydroxyl groups excluding tert-OH is 1. The van der Waals surface area contributed by atoms with Crippen LogP contribution in [0.1, 0.15) is 24.9 Å². The molecule has 0 amide bonds. The highest BCUT2D eigenvalue weighted by Crippen LogP contribution is 2.28. The molecular formula is C10H14ClNO2. The van der Waals surface area contributed by atoms with Crippen molar-refractivity contribution < 1.29 is 10.2 Å². The number of phenolic OH excluding ortho intramolecular Hbond substituents is 1. The van der Waals surface area contributed by atoms with Crippen molar-refractivity contribution in [2.24, 2.45) is 5.73 Å². The Kier molecular flexibility index (Phi) is 3.75. The summed E-state index contributed by atoms with van der Waals surface area (Å²) in [5.74, 6) is 0.0643. The second-order valence-corrected chi connectivity index (χ2v) is 3.64. The molecule has 0 fully saturated rings. The summed E-state index contributed by atoms with van der Waals surface area (Å²) in [6.45, 7) is 1.83. The lowest BCUT2D eigenvalue weighted by Crippen LogP contribution is -2.25. The Bertz CT molecular complexity index is 317. The van der Waals surface area contributed by atoms with Gasteiger partial charge in [-0.1, -0.05) is 18.5 Å². The number of phenols is 1. The fourth-order valence-corrected chi connectivity index (χ4v) is 1.43. The summed E-state index contributed by atoms with van der Waals surface area (Å²) in [4.78, 5) is 0. The van der Waals surface area contributed by atoms with Crippen molar-refractivity contribution in [3.05, 3.63) is 28.8 Å². The van der Waals surface area contributed by atoms with E-state index < -0.39 is 12.1 Å². The zero-order valence-electron chi connectivity index (χ0n) is 7.94. The molecule has 0 unspecified atom stereocenters. The van der Waals surface area contributed by atoms with E-state index in [1.165, 1.54) is 6.07 Å². The van der Waals surface area contributed by atoms with Crippen LogP contribution in [0, 0.1) is 0 Å². The molecule has 78 valence electrons. The van der Waals surface area contributed by atoms with Gasteiger partial charge in [0.1, 0.15) is 5.75 Å². The standard InChI is InChI=1S/C10H14ClNO2/c1-2-8(13)10(12)7-5-6(11)3-4-9(7)14/h3-5,8,10,13-14H,2,12H2,1H3/t8-,10+/m1/s1. The smallest absolute Gasteiger partial charge is 0.120 e. The van der Waals surface area contributed by atoms with Crippen LogP contribution in [0.3, 0.4) is 0 Å². The van der Waals surface area contributed by atoms with E-state index in [1.807, 2.05) is 6.92 Å². The van der Waals surface area contributed by atoms with Gasteiger partial charge < -0.3 is 15.9 Å². The van der Waals surface area contributed by atoms with Crippen LogP contribution in [-0.2, 0) is 0 Å². The molecule has 4 heteroatoms. The maximum atomic E-state index is 9.52. The number of rotatable bonds is 3. The molecule has 2 atom stereocenters. The van der Waals surface area contributed by atoms with Crippen LogP contribution in [0.5, 0.6) is 5.75 Å². The minimum atomic E-state index is -0.667. The van der Waals surface area contributed by atoms with Crippen molar-refractivity contribution in [2.45, 2.75) is 25.5 Å². The Hall–Kier alpha value is -0.770. The number of nitrogens with two attached hydrogens (primary N) is 1. The van der Waals surface area contributed by atoms with E-state index in [-0.39, 0.29) is 5.75 Å². The number of aliphatic hydroxyl groups is 1.